The molecule has 2 amide bonds. The van der Waals surface area contributed by atoms with Gasteiger partial charge in [-0.3, -0.25) is 9.59 Å². The average molecular weight is 427 g/mol. The Balaban J connectivity index is 1.44. The summed E-state index contributed by atoms with van der Waals surface area (Å²) in [7, 11) is 0. The number of para-hydroxylation sites is 1. The van der Waals surface area contributed by atoms with Crippen molar-refractivity contribution in [1.29, 1.82) is 0 Å². The van der Waals surface area contributed by atoms with E-state index in [9.17, 15) is 9.59 Å². The summed E-state index contributed by atoms with van der Waals surface area (Å²) >= 11 is 12.1. The Hall–Kier alpha value is -2.83. The first-order valence-electron chi connectivity index (χ1n) is 9.19. The van der Waals surface area contributed by atoms with Gasteiger partial charge in [0.15, 0.2) is 0 Å². The number of nitrogens with one attached hydrogen (secondary N) is 1. The van der Waals surface area contributed by atoms with Crippen molar-refractivity contribution in [3.63, 3.8) is 0 Å². The molecule has 0 bridgehead atoms. The van der Waals surface area contributed by atoms with Crippen LogP contribution in [0.25, 0.3) is 10.9 Å². The van der Waals surface area contributed by atoms with Crippen LogP contribution in [0.3, 0.4) is 0 Å². The average Bonchev–Trinajstić information content (AvgIpc) is 3.07. The standard InChI is InChI=1S/C21H16Cl2N4O2/c22-13-6-5-12(16(23)7-13)9-24-27-11-20(28)26-10-18-15(8-19(26)21(27)29)14-3-1-2-4-17(14)25-18/h1-7,9,19,25H,8,10-11H2/b24-9-/t19-/m0/s1. The predicted molar refractivity (Wildman–Crippen MR) is 112 cm³/mol. The number of carbonyl (C=O) groups is 2. The number of carbonyl (C=O) groups excluding carboxylic acids is 2. The zero-order chi connectivity index (χ0) is 20.1. The molecule has 1 aromatic heterocycles. The first kappa shape index (κ1) is 18.2. The number of H-pyrrole nitrogens is 1. The highest BCUT2D eigenvalue weighted by atomic mass is 35.5. The molecule has 1 saturated heterocycles. The molecule has 0 unspecified atom stereocenters. The van der Waals surface area contributed by atoms with Crippen LogP contribution in [0, 0.1) is 0 Å². The van der Waals surface area contributed by atoms with Crippen molar-refractivity contribution in [1.82, 2.24) is 14.9 Å². The van der Waals surface area contributed by atoms with Crippen LogP contribution in [0.2, 0.25) is 10.0 Å². The summed E-state index contributed by atoms with van der Waals surface area (Å²) in [5.74, 6) is -0.319. The van der Waals surface area contributed by atoms with E-state index in [-0.39, 0.29) is 18.4 Å². The number of aromatic nitrogens is 1. The second-order valence-corrected chi connectivity index (χ2v) is 8.02. The van der Waals surface area contributed by atoms with Gasteiger partial charge in [0, 0.05) is 33.6 Å². The van der Waals surface area contributed by atoms with E-state index in [1.165, 1.54) is 11.2 Å². The van der Waals surface area contributed by atoms with Crippen LogP contribution in [-0.2, 0) is 22.6 Å². The van der Waals surface area contributed by atoms with Crippen LogP contribution in [0.4, 0.5) is 0 Å². The minimum absolute atomic E-state index is 0.0907. The molecule has 2 aromatic carbocycles. The van der Waals surface area contributed by atoms with Gasteiger partial charge in [-0.25, -0.2) is 5.01 Å². The van der Waals surface area contributed by atoms with Crippen molar-refractivity contribution in [2.75, 3.05) is 6.54 Å². The molecule has 29 heavy (non-hydrogen) atoms. The van der Waals surface area contributed by atoms with Gasteiger partial charge in [0.05, 0.1) is 17.8 Å². The van der Waals surface area contributed by atoms with Crippen molar-refractivity contribution < 1.29 is 9.59 Å². The molecule has 8 heteroatoms. The zero-order valence-electron chi connectivity index (χ0n) is 15.2. The molecule has 0 aliphatic carbocycles. The van der Waals surface area contributed by atoms with Crippen LogP contribution in [0.15, 0.2) is 47.6 Å². The second kappa shape index (κ2) is 6.90. The third-order valence-corrected chi connectivity index (χ3v) is 6.01. The molecular formula is C21H16Cl2N4O2. The maximum atomic E-state index is 13.1. The largest absolute Gasteiger partial charge is 0.357 e. The maximum absolute atomic E-state index is 13.1. The summed E-state index contributed by atoms with van der Waals surface area (Å²) in [5, 5.41) is 7.52. The fourth-order valence-electron chi connectivity index (χ4n) is 4.00. The molecule has 5 rings (SSSR count). The Bertz CT molecular complexity index is 1190. The molecule has 2 aliphatic heterocycles. The van der Waals surface area contributed by atoms with Crippen molar-refractivity contribution in [3.05, 3.63) is 69.3 Å². The van der Waals surface area contributed by atoms with Crippen molar-refractivity contribution >= 4 is 52.1 Å². The maximum Gasteiger partial charge on any atom is 0.266 e. The van der Waals surface area contributed by atoms with Crippen LogP contribution in [0.5, 0.6) is 0 Å². The Kier molecular flexibility index (Phi) is 4.33. The summed E-state index contributed by atoms with van der Waals surface area (Å²) in [6.45, 7) is 0.312. The van der Waals surface area contributed by atoms with Crippen molar-refractivity contribution in [3.8, 4) is 0 Å². The Morgan fingerprint density at radius 3 is 2.76 bits per heavy atom. The lowest BCUT2D eigenvalue weighted by molar-refractivity contribution is -0.157. The number of hydrogen-bond acceptors (Lipinski definition) is 3. The number of hydrazone groups is 1. The molecular weight excluding hydrogens is 411 g/mol. The lowest BCUT2D eigenvalue weighted by atomic mass is 9.94. The number of rotatable bonds is 2. The van der Waals surface area contributed by atoms with Crippen molar-refractivity contribution in [2.24, 2.45) is 5.10 Å². The fourth-order valence-corrected chi connectivity index (χ4v) is 4.45. The van der Waals surface area contributed by atoms with Gasteiger partial charge in [-0.2, -0.15) is 5.10 Å². The molecule has 6 nitrogen and oxygen atoms in total. The summed E-state index contributed by atoms with van der Waals surface area (Å²) < 4.78 is 0. The first-order chi connectivity index (χ1) is 14.0. The second-order valence-electron chi connectivity index (χ2n) is 7.18. The third-order valence-electron chi connectivity index (χ3n) is 5.45. The third kappa shape index (κ3) is 3.09. The number of piperazine rings is 1. The highest BCUT2D eigenvalue weighted by molar-refractivity contribution is 6.36. The minimum atomic E-state index is -0.555. The SMILES string of the molecule is O=C1[C@@H]2Cc3c([nH]c4ccccc34)CN2C(=O)CN1/N=C\c1ccc(Cl)cc1Cl. The number of benzene rings is 2. The van der Waals surface area contributed by atoms with Gasteiger partial charge in [0.2, 0.25) is 5.91 Å². The van der Waals surface area contributed by atoms with Crippen LogP contribution in [-0.4, -0.2) is 45.5 Å². The van der Waals surface area contributed by atoms with Crippen molar-refractivity contribution in [2.45, 2.75) is 19.0 Å². The molecule has 0 saturated carbocycles. The topological polar surface area (TPSA) is 68.8 Å². The van der Waals surface area contributed by atoms with E-state index in [4.69, 9.17) is 23.2 Å². The van der Waals surface area contributed by atoms with E-state index in [1.807, 2.05) is 24.3 Å². The fraction of sp³-hybridized carbons (Fsp3) is 0.190. The summed E-state index contributed by atoms with van der Waals surface area (Å²) in [5.41, 5.74) is 3.73. The molecule has 1 N–H and O–H groups in total. The smallest absolute Gasteiger partial charge is 0.266 e. The van der Waals surface area contributed by atoms with E-state index < -0.39 is 6.04 Å². The molecule has 2 aliphatic rings. The predicted octanol–water partition coefficient (Wildman–Crippen LogP) is 3.60. The molecule has 3 heterocycles. The lowest BCUT2D eigenvalue weighted by Crippen LogP contribution is -2.60. The number of hydrogen-bond donors (Lipinski definition) is 1. The summed E-state index contributed by atoms with van der Waals surface area (Å²) in [4.78, 5) is 30.8. The van der Waals surface area contributed by atoms with Crippen LogP contribution in [0.1, 0.15) is 16.8 Å². The number of halogens is 2. The molecule has 0 radical (unpaired) electrons. The van der Waals surface area contributed by atoms with Gasteiger partial charge in [-0.05, 0) is 23.8 Å². The van der Waals surface area contributed by atoms with Crippen LogP contribution < -0.4 is 0 Å². The van der Waals surface area contributed by atoms with Gasteiger partial charge in [0.25, 0.3) is 5.91 Å². The lowest BCUT2D eigenvalue weighted by Gasteiger charge is -2.40. The monoisotopic (exact) mass is 426 g/mol. The van der Waals surface area contributed by atoms with Gasteiger partial charge >= 0.3 is 0 Å². The number of amides is 2. The first-order valence-corrected chi connectivity index (χ1v) is 9.95. The molecule has 1 atom stereocenters. The Morgan fingerprint density at radius 2 is 1.93 bits per heavy atom. The Morgan fingerprint density at radius 1 is 1.10 bits per heavy atom. The molecule has 1 fully saturated rings. The molecule has 3 aromatic rings. The van der Waals surface area contributed by atoms with Crippen LogP contribution >= 0.6 is 23.2 Å². The van der Waals surface area contributed by atoms with E-state index in [2.05, 4.69) is 10.1 Å². The van der Waals surface area contributed by atoms with E-state index in [0.717, 1.165) is 22.2 Å². The number of fused-ring (bicyclic) bond motifs is 4. The van der Waals surface area contributed by atoms with Gasteiger partial charge in [0.1, 0.15) is 12.6 Å². The van der Waals surface area contributed by atoms with Gasteiger partial charge < -0.3 is 9.88 Å². The van der Waals surface area contributed by atoms with Gasteiger partial charge in [-0.15, -0.1) is 0 Å². The number of aromatic amines is 1. The normalized spacial score (nSPS) is 19.2. The highest BCUT2D eigenvalue weighted by Crippen LogP contribution is 2.32. The van der Waals surface area contributed by atoms with E-state index >= 15 is 0 Å². The highest BCUT2D eigenvalue weighted by Gasteiger charge is 2.43. The minimum Gasteiger partial charge on any atom is -0.357 e. The summed E-state index contributed by atoms with van der Waals surface area (Å²) in [6.07, 6.45) is 1.96. The van der Waals surface area contributed by atoms with Gasteiger partial charge in [-0.1, -0.05) is 47.5 Å². The quantitative estimate of drug-likeness (QED) is 0.635. The zero-order valence-corrected chi connectivity index (χ0v) is 16.7. The molecule has 146 valence electrons. The van der Waals surface area contributed by atoms with E-state index in [0.29, 0.717) is 28.6 Å². The van der Waals surface area contributed by atoms with E-state index in [1.54, 1.807) is 23.1 Å². The molecule has 0 spiro atoms. The Labute approximate surface area is 176 Å². The number of nitrogens with zero attached hydrogens (tertiary/aromatic N) is 3. The summed E-state index contributed by atoms with van der Waals surface area (Å²) in [6, 6.07) is 12.4.